The lowest BCUT2D eigenvalue weighted by Gasteiger charge is -2.28. The van der Waals surface area contributed by atoms with Gasteiger partial charge in [-0.3, -0.25) is 9.59 Å². The molecule has 0 atom stereocenters. The molecule has 1 aliphatic heterocycles. The second-order valence-corrected chi connectivity index (χ2v) is 8.27. The summed E-state index contributed by atoms with van der Waals surface area (Å²) in [6.07, 6.45) is 8.79. The minimum absolute atomic E-state index is 0.00771. The van der Waals surface area contributed by atoms with E-state index in [9.17, 15) is 9.59 Å². The van der Waals surface area contributed by atoms with Crippen molar-refractivity contribution in [3.05, 3.63) is 16.1 Å². The fraction of sp³-hybridized carbons (Fsp3) is 0.722. The highest BCUT2D eigenvalue weighted by atomic mass is 32.1. The molecular formula is C18H27N3O3S. The summed E-state index contributed by atoms with van der Waals surface area (Å²) in [5.41, 5.74) is 0. The van der Waals surface area contributed by atoms with Crippen LogP contribution in [0.2, 0.25) is 0 Å². The highest BCUT2D eigenvalue weighted by Crippen LogP contribution is 2.30. The number of carbonyl (C=O) groups is 2. The van der Waals surface area contributed by atoms with Crippen molar-refractivity contribution in [1.82, 2.24) is 15.6 Å². The van der Waals surface area contributed by atoms with Crippen molar-refractivity contribution in [1.29, 1.82) is 0 Å². The molecule has 7 heteroatoms. The first kappa shape index (κ1) is 18.3. The number of aliphatic carboxylic acids is 1. The van der Waals surface area contributed by atoms with Crippen molar-refractivity contribution in [2.45, 2.75) is 63.3 Å². The van der Waals surface area contributed by atoms with Crippen LogP contribution in [0.5, 0.6) is 0 Å². The number of aromatic nitrogens is 1. The fourth-order valence-corrected chi connectivity index (χ4v) is 4.82. The number of hydrogen-bond donors (Lipinski definition) is 3. The molecule has 2 aliphatic rings. The largest absolute Gasteiger partial charge is 0.481 e. The maximum Gasteiger partial charge on any atom is 0.303 e. The van der Waals surface area contributed by atoms with Crippen LogP contribution in [0.4, 0.5) is 0 Å². The van der Waals surface area contributed by atoms with Crippen molar-refractivity contribution < 1.29 is 14.7 Å². The molecule has 1 saturated heterocycles. The van der Waals surface area contributed by atoms with Gasteiger partial charge >= 0.3 is 5.97 Å². The highest BCUT2D eigenvalue weighted by molar-refractivity contribution is 7.13. The molecule has 3 N–H and O–H groups in total. The van der Waals surface area contributed by atoms with Gasteiger partial charge in [-0.15, -0.1) is 11.3 Å². The number of carboxylic acids is 1. The number of carboxylic acid groups (broad SMARTS) is 1. The van der Waals surface area contributed by atoms with Crippen LogP contribution in [0.3, 0.4) is 0 Å². The smallest absolute Gasteiger partial charge is 0.303 e. The number of amides is 1. The van der Waals surface area contributed by atoms with E-state index in [1.54, 1.807) is 6.20 Å². The van der Waals surface area contributed by atoms with Gasteiger partial charge in [0.1, 0.15) is 4.88 Å². The Morgan fingerprint density at radius 1 is 1.20 bits per heavy atom. The van der Waals surface area contributed by atoms with Gasteiger partial charge in [0, 0.05) is 18.4 Å². The zero-order valence-electron chi connectivity index (χ0n) is 14.5. The van der Waals surface area contributed by atoms with Gasteiger partial charge in [0.2, 0.25) is 0 Å². The van der Waals surface area contributed by atoms with Crippen LogP contribution in [-0.2, 0) is 4.79 Å². The second-order valence-electron chi connectivity index (χ2n) is 7.21. The quantitative estimate of drug-likeness (QED) is 0.721. The number of thiazole rings is 1. The Hall–Kier alpha value is -1.47. The molecule has 25 heavy (non-hydrogen) atoms. The molecule has 2 fully saturated rings. The number of hydrogen-bond acceptors (Lipinski definition) is 5. The normalized spacial score (nSPS) is 24.8. The van der Waals surface area contributed by atoms with E-state index in [0.717, 1.165) is 63.0 Å². The fourth-order valence-electron chi connectivity index (χ4n) is 3.83. The highest BCUT2D eigenvalue weighted by Gasteiger charge is 2.25. The van der Waals surface area contributed by atoms with Crippen LogP contribution >= 0.6 is 11.3 Å². The summed E-state index contributed by atoms with van der Waals surface area (Å²) in [5.74, 6) is 0.244. The minimum atomic E-state index is -0.717. The van der Waals surface area contributed by atoms with E-state index < -0.39 is 5.97 Å². The number of rotatable bonds is 6. The summed E-state index contributed by atoms with van der Waals surface area (Å²) in [7, 11) is 0. The Morgan fingerprint density at radius 3 is 2.60 bits per heavy atom. The lowest BCUT2D eigenvalue weighted by Crippen LogP contribution is -2.37. The van der Waals surface area contributed by atoms with E-state index in [4.69, 9.17) is 5.11 Å². The lowest BCUT2D eigenvalue weighted by atomic mass is 9.83. The van der Waals surface area contributed by atoms with Crippen molar-refractivity contribution >= 4 is 23.2 Å². The van der Waals surface area contributed by atoms with E-state index in [1.807, 2.05) is 0 Å². The van der Waals surface area contributed by atoms with E-state index >= 15 is 0 Å². The molecule has 0 radical (unpaired) electrons. The summed E-state index contributed by atoms with van der Waals surface area (Å²) < 4.78 is 0. The Bertz CT molecular complexity index is 590. The van der Waals surface area contributed by atoms with E-state index in [1.165, 1.54) is 11.3 Å². The first-order valence-electron chi connectivity index (χ1n) is 9.31. The molecule has 0 unspecified atom stereocenters. The number of piperidine rings is 1. The standard InChI is InChI=1S/C18H27N3O3S/c22-16(23)6-3-12-1-4-14(5-2-12)21-17(24)15-11-20-18(25-15)13-7-9-19-10-8-13/h11-14,19H,1-10H2,(H,21,24)(H,22,23). The number of nitrogens with one attached hydrogen (secondary N) is 2. The number of carbonyl (C=O) groups excluding carboxylic acids is 1. The van der Waals surface area contributed by atoms with Gasteiger partial charge in [0.15, 0.2) is 0 Å². The van der Waals surface area contributed by atoms with Gasteiger partial charge in [-0.25, -0.2) is 4.98 Å². The third kappa shape index (κ3) is 5.25. The molecule has 1 aliphatic carbocycles. The van der Waals surface area contributed by atoms with Crippen LogP contribution < -0.4 is 10.6 Å². The monoisotopic (exact) mass is 365 g/mol. The Balaban J connectivity index is 1.45. The topological polar surface area (TPSA) is 91.3 Å². The second kappa shape index (κ2) is 8.76. The van der Waals surface area contributed by atoms with Gasteiger partial charge in [-0.05, 0) is 64.0 Å². The Labute approximate surface area is 152 Å². The van der Waals surface area contributed by atoms with Crippen LogP contribution in [0.15, 0.2) is 6.20 Å². The van der Waals surface area contributed by atoms with Crippen molar-refractivity contribution in [3.8, 4) is 0 Å². The zero-order valence-corrected chi connectivity index (χ0v) is 15.3. The van der Waals surface area contributed by atoms with Gasteiger partial charge in [0.25, 0.3) is 5.91 Å². The Morgan fingerprint density at radius 2 is 1.92 bits per heavy atom. The van der Waals surface area contributed by atoms with Gasteiger partial charge in [-0.2, -0.15) is 0 Å². The third-order valence-corrected chi connectivity index (χ3v) is 6.54. The SMILES string of the molecule is O=C(O)CCC1CCC(NC(=O)c2cnc(C3CCNCC3)s2)CC1. The average molecular weight is 365 g/mol. The van der Waals surface area contributed by atoms with Crippen molar-refractivity contribution in [3.63, 3.8) is 0 Å². The molecule has 0 bridgehead atoms. The molecule has 2 heterocycles. The lowest BCUT2D eigenvalue weighted by molar-refractivity contribution is -0.137. The van der Waals surface area contributed by atoms with Crippen LogP contribution in [0, 0.1) is 5.92 Å². The van der Waals surface area contributed by atoms with E-state index in [-0.39, 0.29) is 18.4 Å². The summed E-state index contributed by atoms with van der Waals surface area (Å²) in [4.78, 5) is 28.3. The van der Waals surface area contributed by atoms with Crippen LogP contribution in [-0.4, -0.2) is 41.1 Å². The summed E-state index contributed by atoms with van der Waals surface area (Å²) >= 11 is 1.53. The maximum atomic E-state index is 12.5. The van der Waals surface area contributed by atoms with Gasteiger partial charge in [-0.1, -0.05) is 0 Å². The molecule has 6 nitrogen and oxygen atoms in total. The van der Waals surface area contributed by atoms with Crippen LogP contribution in [0.1, 0.15) is 72.0 Å². The van der Waals surface area contributed by atoms with Gasteiger partial charge in [0.05, 0.1) is 11.2 Å². The molecule has 3 rings (SSSR count). The first-order valence-corrected chi connectivity index (χ1v) is 10.1. The molecule has 1 aromatic heterocycles. The summed E-state index contributed by atoms with van der Waals surface area (Å²) in [6.45, 7) is 2.05. The maximum absolute atomic E-state index is 12.5. The average Bonchev–Trinajstić information content (AvgIpc) is 3.12. The molecule has 1 aromatic rings. The van der Waals surface area contributed by atoms with E-state index in [0.29, 0.717) is 16.7 Å². The van der Waals surface area contributed by atoms with Crippen molar-refractivity contribution in [2.24, 2.45) is 5.92 Å². The molecule has 138 valence electrons. The predicted octanol–water partition coefficient (Wildman–Crippen LogP) is 2.76. The summed E-state index contributed by atoms with van der Waals surface area (Å²) in [6, 6.07) is 0.206. The number of nitrogens with zero attached hydrogens (tertiary/aromatic N) is 1. The third-order valence-electron chi connectivity index (χ3n) is 5.38. The molecule has 0 spiro atoms. The molecular weight excluding hydrogens is 338 g/mol. The molecule has 1 saturated carbocycles. The minimum Gasteiger partial charge on any atom is -0.481 e. The predicted molar refractivity (Wildman–Crippen MR) is 97.0 cm³/mol. The van der Waals surface area contributed by atoms with Crippen LogP contribution in [0.25, 0.3) is 0 Å². The summed E-state index contributed by atoms with van der Waals surface area (Å²) in [5, 5.41) is 16.4. The zero-order chi connectivity index (χ0) is 17.6. The molecule has 1 amide bonds. The van der Waals surface area contributed by atoms with Gasteiger partial charge < -0.3 is 15.7 Å². The molecule has 0 aromatic carbocycles. The van der Waals surface area contributed by atoms with E-state index in [2.05, 4.69) is 15.6 Å². The first-order chi connectivity index (χ1) is 12.1. The Kier molecular flexibility index (Phi) is 6.42. The van der Waals surface area contributed by atoms with Crippen molar-refractivity contribution in [2.75, 3.05) is 13.1 Å².